The number of para-hydroxylation sites is 1. The van der Waals surface area contributed by atoms with E-state index in [1.165, 1.54) is 0 Å². The molecule has 2 atom stereocenters. The maximum absolute atomic E-state index is 13.0. The van der Waals surface area contributed by atoms with E-state index in [-0.39, 0.29) is 18.3 Å². The zero-order valence-electron chi connectivity index (χ0n) is 14.8. The van der Waals surface area contributed by atoms with E-state index < -0.39 is 0 Å². The van der Waals surface area contributed by atoms with E-state index in [4.69, 9.17) is 4.74 Å². The third-order valence-corrected chi connectivity index (χ3v) is 5.24. The van der Waals surface area contributed by atoms with Gasteiger partial charge in [-0.3, -0.25) is 4.79 Å². The summed E-state index contributed by atoms with van der Waals surface area (Å²) in [5.41, 5.74) is 1.85. The molecule has 2 aromatic carbocycles. The summed E-state index contributed by atoms with van der Waals surface area (Å²) in [5.74, 6) is 1.03. The molecule has 0 saturated carbocycles. The molecule has 5 heteroatoms. The second kappa shape index (κ2) is 8.56. The SMILES string of the molecule is Cl.O=C(c1ccc(COc2ccccc2)cc1)N1C2CCNCC1CC2. The predicted octanol–water partition coefficient (Wildman–Crippen LogP) is 3.65. The minimum atomic E-state index is 0. The van der Waals surface area contributed by atoms with Gasteiger partial charge in [0.2, 0.25) is 0 Å². The molecule has 4 rings (SSSR count). The van der Waals surface area contributed by atoms with Crippen molar-refractivity contribution in [1.82, 2.24) is 10.2 Å². The minimum Gasteiger partial charge on any atom is -0.489 e. The Kier molecular flexibility index (Phi) is 6.17. The maximum Gasteiger partial charge on any atom is 0.254 e. The molecule has 2 aliphatic heterocycles. The number of rotatable bonds is 4. The van der Waals surface area contributed by atoms with E-state index in [0.29, 0.717) is 18.7 Å². The molecule has 2 aromatic rings. The van der Waals surface area contributed by atoms with Crippen LogP contribution in [0.1, 0.15) is 35.2 Å². The third kappa shape index (κ3) is 4.02. The van der Waals surface area contributed by atoms with Crippen LogP contribution in [0.15, 0.2) is 54.6 Å². The summed E-state index contributed by atoms with van der Waals surface area (Å²) in [7, 11) is 0. The van der Waals surface area contributed by atoms with Gasteiger partial charge in [-0.15, -0.1) is 12.4 Å². The monoisotopic (exact) mass is 372 g/mol. The van der Waals surface area contributed by atoms with Crippen LogP contribution in [-0.4, -0.2) is 36.0 Å². The summed E-state index contributed by atoms with van der Waals surface area (Å²) in [5, 5.41) is 3.45. The molecule has 2 fully saturated rings. The van der Waals surface area contributed by atoms with Crippen molar-refractivity contribution in [2.45, 2.75) is 38.0 Å². The van der Waals surface area contributed by atoms with Crippen LogP contribution in [0.3, 0.4) is 0 Å². The number of amides is 1. The van der Waals surface area contributed by atoms with E-state index in [9.17, 15) is 4.79 Å². The van der Waals surface area contributed by atoms with Crippen molar-refractivity contribution in [2.75, 3.05) is 13.1 Å². The van der Waals surface area contributed by atoms with E-state index in [1.54, 1.807) is 0 Å². The molecular formula is C21H25ClN2O2. The molecule has 0 spiro atoms. The molecule has 26 heavy (non-hydrogen) atoms. The molecule has 0 aromatic heterocycles. The van der Waals surface area contributed by atoms with Crippen LogP contribution in [0.5, 0.6) is 5.75 Å². The first-order valence-corrected chi connectivity index (χ1v) is 9.11. The number of halogens is 1. The lowest BCUT2D eigenvalue weighted by atomic mass is 10.1. The Bertz CT molecular complexity index is 707. The van der Waals surface area contributed by atoms with Gasteiger partial charge in [0, 0.05) is 24.2 Å². The van der Waals surface area contributed by atoms with Gasteiger partial charge < -0.3 is 15.0 Å². The predicted molar refractivity (Wildman–Crippen MR) is 105 cm³/mol. The summed E-state index contributed by atoms with van der Waals surface area (Å²) in [6, 6.07) is 18.4. The fourth-order valence-electron chi connectivity index (χ4n) is 3.89. The smallest absolute Gasteiger partial charge is 0.254 e. The van der Waals surface area contributed by atoms with E-state index >= 15 is 0 Å². The number of carbonyl (C=O) groups is 1. The van der Waals surface area contributed by atoms with Crippen LogP contribution in [0.25, 0.3) is 0 Å². The van der Waals surface area contributed by atoms with E-state index in [0.717, 1.165) is 49.2 Å². The Morgan fingerprint density at radius 2 is 1.73 bits per heavy atom. The summed E-state index contributed by atoms with van der Waals surface area (Å²) in [6.07, 6.45) is 3.32. The number of nitrogens with zero attached hydrogens (tertiary/aromatic N) is 1. The molecule has 2 unspecified atom stereocenters. The van der Waals surface area contributed by atoms with Gasteiger partial charge in [-0.05, 0) is 55.6 Å². The quantitative estimate of drug-likeness (QED) is 0.890. The second-order valence-corrected chi connectivity index (χ2v) is 6.89. The second-order valence-electron chi connectivity index (χ2n) is 6.89. The van der Waals surface area contributed by atoms with Gasteiger partial charge in [0.05, 0.1) is 0 Å². The van der Waals surface area contributed by atoms with Gasteiger partial charge in [-0.25, -0.2) is 0 Å². The van der Waals surface area contributed by atoms with E-state index in [1.807, 2.05) is 54.6 Å². The number of benzene rings is 2. The zero-order chi connectivity index (χ0) is 17.1. The van der Waals surface area contributed by atoms with Gasteiger partial charge in [-0.2, -0.15) is 0 Å². The number of fused-ring (bicyclic) bond motifs is 2. The van der Waals surface area contributed by atoms with Crippen LogP contribution in [0.4, 0.5) is 0 Å². The molecule has 0 aliphatic carbocycles. The molecule has 0 radical (unpaired) electrons. The van der Waals surface area contributed by atoms with Gasteiger partial charge in [0.15, 0.2) is 0 Å². The van der Waals surface area contributed by atoms with Crippen LogP contribution >= 0.6 is 12.4 Å². The molecular weight excluding hydrogens is 348 g/mol. The molecule has 2 aliphatic rings. The fraction of sp³-hybridized carbons (Fsp3) is 0.381. The molecule has 2 saturated heterocycles. The fourth-order valence-corrected chi connectivity index (χ4v) is 3.89. The standard InChI is InChI=1S/C21H24N2O2.ClH/c24-21(23-18-10-11-19(23)14-22-13-12-18)17-8-6-16(7-9-17)15-25-20-4-2-1-3-5-20;/h1-9,18-19,22H,10-15H2;1H. The molecule has 2 heterocycles. The lowest BCUT2D eigenvalue weighted by molar-refractivity contribution is 0.0680. The topological polar surface area (TPSA) is 41.6 Å². The largest absolute Gasteiger partial charge is 0.489 e. The normalized spacial score (nSPS) is 21.6. The summed E-state index contributed by atoms with van der Waals surface area (Å²) in [6.45, 7) is 2.45. The number of nitrogens with one attached hydrogen (secondary N) is 1. The Hall–Kier alpha value is -2.04. The average molecular weight is 373 g/mol. The first kappa shape index (κ1) is 18.7. The number of carbonyl (C=O) groups excluding carboxylic acids is 1. The Labute approximate surface area is 160 Å². The Morgan fingerprint density at radius 1 is 1.00 bits per heavy atom. The van der Waals surface area contributed by atoms with Crippen LogP contribution in [0.2, 0.25) is 0 Å². The van der Waals surface area contributed by atoms with Crippen molar-refractivity contribution in [3.63, 3.8) is 0 Å². The van der Waals surface area contributed by atoms with E-state index in [2.05, 4.69) is 10.2 Å². The lowest BCUT2D eigenvalue weighted by Gasteiger charge is -2.28. The van der Waals surface area contributed by atoms with Crippen LogP contribution in [-0.2, 0) is 6.61 Å². The van der Waals surface area contributed by atoms with Crippen LogP contribution < -0.4 is 10.1 Å². The maximum atomic E-state index is 13.0. The van der Waals surface area contributed by atoms with Crippen molar-refractivity contribution in [1.29, 1.82) is 0 Å². The highest BCUT2D eigenvalue weighted by Crippen LogP contribution is 2.29. The zero-order valence-corrected chi connectivity index (χ0v) is 15.6. The molecule has 2 bridgehead atoms. The molecule has 1 amide bonds. The van der Waals surface area contributed by atoms with Crippen molar-refractivity contribution >= 4 is 18.3 Å². The summed E-state index contributed by atoms with van der Waals surface area (Å²) in [4.78, 5) is 15.1. The highest BCUT2D eigenvalue weighted by molar-refractivity contribution is 5.95. The van der Waals surface area contributed by atoms with Crippen molar-refractivity contribution in [3.05, 3.63) is 65.7 Å². The van der Waals surface area contributed by atoms with Gasteiger partial charge in [-0.1, -0.05) is 30.3 Å². The first-order valence-electron chi connectivity index (χ1n) is 9.11. The molecule has 4 nitrogen and oxygen atoms in total. The summed E-state index contributed by atoms with van der Waals surface area (Å²) < 4.78 is 5.77. The van der Waals surface area contributed by atoms with Gasteiger partial charge in [0.25, 0.3) is 5.91 Å². The first-order chi connectivity index (χ1) is 12.3. The van der Waals surface area contributed by atoms with Gasteiger partial charge >= 0.3 is 0 Å². The molecule has 1 N–H and O–H groups in total. The number of ether oxygens (including phenoxy) is 1. The Balaban J connectivity index is 0.00000196. The highest BCUT2D eigenvalue weighted by Gasteiger charge is 2.38. The molecule has 138 valence electrons. The minimum absolute atomic E-state index is 0. The van der Waals surface area contributed by atoms with Crippen molar-refractivity contribution < 1.29 is 9.53 Å². The van der Waals surface area contributed by atoms with Crippen molar-refractivity contribution in [3.8, 4) is 5.75 Å². The number of hydrogen-bond donors (Lipinski definition) is 1. The highest BCUT2D eigenvalue weighted by atomic mass is 35.5. The average Bonchev–Trinajstić information content (AvgIpc) is 2.93. The van der Waals surface area contributed by atoms with Gasteiger partial charge in [0.1, 0.15) is 12.4 Å². The lowest BCUT2D eigenvalue weighted by Crippen LogP contribution is -2.42. The number of hydrogen-bond acceptors (Lipinski definition) is 3. The Morgan fingerprint density at radius 3 is 2.50 bits per heavy atom. The van der Waals surface area contributed by atoms with Crippen LogP contribution in [0, 0.1) is 0 Å². The van der Waals surface area contributed by atoms with Crippen molar-refractivity contribution in [2.24, 2.45) is 0 Å². The summed E-state index contributed by atoms with van der Waals surface area (Å²) >= 11 is 0. The third-order valence-electron chi connectivity index (χ3n) is 5.24.